The van der Waals surface area contributed by atoms with Crippen LogP contribution in [0.2, 0.25) is 0 Å². The summed E-state index contributed by atoms with van der Waals surface area (Å²) in [4.78, 5) is 22.5. The molecule has 0 aromatic carbocycles. The number of nitrogens with one attached hydrogen (secondary N) is 2. The molecule has 2 heterocycles. The van der Waals surface area contributed by atoms with Crippen molar-refractivity contribution in [2.75, 3.05) is 11.9 Å². The van der Waals surface area contributed by atoms with Crippen molar-refractivity contribution in [1.82, 2.24) is 15.3 Å². The molecule has 0 fully saturated rings. The molecule has 0 saturated heterocycles. The van der Waals surface area contributed by atoms with E-state index < -0.39 is 0 Å². The highest BCUT2D eigenvalue weighted by atomic mass is 32.1. The summed E-state index contributed by atoms with van der Waals surface area (Å²) in [6, 6.07) is -0.0362. The first kappa shape index (κ1) is 14.9. The number of rotatable bonds is 6. The van der Waals surface area contributed by atoms with Crippen LogP contribution in [0.1, 0.15) is 45.9 Å². The van der Waals surface area contributed by atoms with Crippen molar-refractivity contribution in [1.29, 1.82) is 0 Å². The van der Waals surface area contributed by atoms with Gasteiger partial charge in [-0.15, -0.1) is 11.3 Å². The minimum Gasteiger partial charge on any atom is -0.362 e. The van der Waals surface area contributed by atoms with Crippen LogP contribution in [0.15, 0.2) is 12.4 Å². The number of thiazole rings is 2. The first-order valence-corrected chi connectivity index (χ1v) is 8.20. The quantitative estimate of drug-likeness (QED) is 0.859. The maximum absolute atomic E-state index is 12.2. The van der Waals surface area contributed by atoms with Crippen LogP contribution < -0.4 is 10.6 Å². The molecule has 2 rings (SSSR count). The fraction of sp³-hybridized carbons (Fsp3) is 0.462. The number of nitrogens with zero attached hydrogens (tertiary/aromatic N) is 2. The Morgan fingerprint density at radius 2 is 2.10 bits per heavy atom. The maximum atomic E-state index is 12.2. The topological polar surface area (TPSA) is 66.9 Å². The van der Waals surface area contributed by atoms with Crippen molar-refractivity contribution in [2.45, 2.75) is 33.2 Å². The van der Waals surface area contributed by atoms with Crippen LogP contribution in [-0.4, -0.2) is 22.4 Å². The van der Waals surface area contributed by atoms with E-state index in [9.17, 15) is 4.79 Å². The monoisotopic (exact) mass is 310 g/mol. The van der Waals surface area contributed by atoms with E-state index in [1.165, 1.54) is 11.3 Å². The molecule has 1 atom stereocenters. The third kappa shape index (κ3) is 3.55. The van der Waals surface area contributed by atoms with E-state index in [-0.39, 0.29) is 11.9 Å². The highest BCUT2D eigenvalue weighted by Gasteiger charge is 2.18. The van der Waals surface area contributed by atoms with Crippen molar-refractivity contribution in [2.24, 2.45) is 0 Å². The fourth-order valence-corrected chi connectivity index (χ4v) is 3.41. The first-order valence-electron chi connectivity index (χ1n) is 6.56. The molecule has 5 nitrogen and oxygen atoms in total. The molecule has 7 heteroatoms. The van der Waals surface area contributed by atoms with Gasteiger partial charge in [0, 0.05) is 17.6 Å². The van der Waals surface area contributed by atoms with E-state index in [0.29, 0.717) is 4.88 Å². The number of hydrogen-bond acceptors (Lipinski definition) is 6. The van der Waals surface area contributed by atoms with Gasteiger partial charge in [0.15, 0.2) is 5.13 Å². The molecule has 108 valence electrons. The Morgan fingerprint density at radius 1 is 1.30 bits per heavy atom. The van der Waals surface area contributed by atoms with Crippen LogP contribution in [0.3, 0.4) is 0 Å². The van der Waals surface area contributed by atoms with Gasteiger partial charge in [0.05, 0.1) is 12.2 Å². The van der Waals surface area contributed by atoms with E-state index in [0.717, 1.165) is 28.0 Å². The van der Waals surface area contributed by atoms with Gasteiger partial charge >= 0.3 is 0 Å². The van der Waals surface area contributed by atoms with Crippen molar-refractivity contribution >= 4 is 33.7 Å². The fourth-order valence-electron chi connectivity index (χ4n) is 1.71. The van der Waals surface area contributed by atoms with Crippen molar-refractivity contribution in [3.8, 4) is 0 Å². The normalized spacial score (nSPS) is 12.2. The molecule has 1 amide bonds. The second-order valence-corrected chi connectivity index (χ2v) is 6.60. The average molecular weight is 310 g/mol. The Balaban J connectivity index is 2.04. The number of amides is 1. The molecule has 2 N–H and O–H groups in total. The molecular formula is C13H18N4OS2. The van der Waals surface area contributed by atoms with Gasteiger partial charge in [-0.05, 0) is 20.3 Å². The lowest BCUT2D eigenvalue weighted by molar-refractivity contribution is 0.0939. The van der Waals surface area contributed by atoms with Gasteiger partial charge in [-0.3, -0.25) is 4.79 Å². The van der Waals surface area contributed by atoms with Crippen LogP contribution >= 0.6 is 22.7 Å². The van der Waals surface area contributed by atoms with Crippen LogP contribution in [0.25, 0.3) is 0 Å². The summed E-state index contributed by atoms with van der Waals surface area (Å²) in [5, 5.41) is 7.85. The van der Waals surface area contributed by atoms with Crippen LogP contribution in [0.5, 0.6) is 0 Å². The summed E-state index contributed by atoms with van der Waals surface area (Å²) >= 11 is 2.99. The number of carbonyl (C=O) groups is 1. The van der Waals surface area contributed by atoms with Crippen molar-refractivity contribution < 1.29 is 4.79 Å². The zero-order valence-electron chi connectivity index (χ0n) is 11.8. The standard InChI is InChI=1S/C13H18N4OS2/c1-4-9(12-15-6-8(3)19-12)17-11(18)10-7-16-13(20-10)14-5-2/h6-7,9H,4-5H2,1-3H3,(H,14,16)(H,17,18). The lowest BCUT2D eigenvalue weighted by Crippen LogP contribution is -2.27. The number of aromatic nitrogens is 2. The Labute approximate surface area is 126 Å². The van der Waals surface area contributed by atoms with Crippen LogP contribution in [0, 0.1) is 6.92 Å². The van der Waals surface area contributed by atoms with Crippen LogP contribution in [-0.2, 0) is 0 Å². The first-order chi connectivity index (χ1) is 9.63. The van der Waals surface area contributed by atoms with E-state index >= 15 is 0 Å². The predicted molar refractivity (Wildman–Crippen MR) is 83.6 cm³/mol. The maximum Gasteiger partial charge on any atom is 0.263 e. The van der Waals surface area contributed by atoms with Gasteiger partial charge in [-0.2, -0.15) is 0 Å². The van der Waals surface area contributed by atoms with E-state index in [1.807, 2.05) is 27.0 Å². The molecule has 2 aromatic heterocycles. The minimum absolute atomic E-state index is 0.0362. The Hall–Kier alpha value is -1.47. The zero-order valence-corrected chi connectivity index (χ0v) is 13.4. The summed E-state index contributed by atoms with van der Waals surface area (Å²) in [6.07, 6.45) is 4.26. The van der Waals surface area contributed by atoms with E-state index in [4.69, 9.17) is 0 Å². The Morgan fingerprint density at radius 3 is 2.70 bits per heavy atom. The second-order valence-electron chi connectivity index (χ2n) is 4.30. The van der Waals surface area contributed by atoms with Gasteiger partial charge in [0.2, 0.25) is 0 Å². The number of carbonyl (C=O) groups excluding carboxylic acids is 1. The second kappa shape index (κ2) is 6.81. The minimum atomic E-state index is -0.0913. The molecule has 2 aromatic rings. The Kier molecular flexibility index (Phi) is 5.08. The third-order valence-electron chi connectivity index (χ3n) is 2.71. The largest absolute Gasteiger partial charge is 0.362 e. The average Bonchev–Trinajstić information content (AvgIpc) is 3.05. The summed E-state index contributed by atoms with van der Waals surface area (Å²) in [6.45, 7) is 6.85. The molecule has 0 bridgehead atoms. The zero-order chi connectivity index (χ0) is 14.5. The molecule has 0 aliphatic rings. The lowest BCUT2D eigenvalue weighted by Gasteiger charge is -2.13. The van der Waals surface area contributed by atoms with Gasteiger partial charge in [-0.25, -0.2) is 9.97 Å². The SMILES string of the molecule is CCNc1ncc(C(=O)NC(CC)c2ncc(C)s2)s1. The van der Waals surface area contributed by atoms with Crippen molar-refractivity contribution in [3.63, 3.8) is 0 Å². The van der Waals surface area contributed by atoms with Gasteiger partial charge < -0.3 is 10.6 Å². The number of anilines is 1. The highest BCUT2D eigenvalue weighted by molar-refractivity contribution is 7.17. The lowest BCUT2D eigenvalue weighted by atomic mass is 10.2. The molecule has 1 unspecified atom stereocenters. The summed E-state index contributed by atoms with van der Waals surface area (Å²) in [5.41, 5.74) is 0. The van der Waals surface area contributed by atoms with Gasteiger partial charge in [0.25, 0.3) is 5.91 Å². The molecule has 0 aliphatic heterocycles. The van der Waals surface area contributed by atoms with Gasteiger partial charge in [-0.1, -0.05) is 18.3 Å². The summed E-state index contributed by atoms with van der Waals surface area (Å²) < 4.78 is 0. The molecular weight excluding hydrogens is 292 g/mol. The Bertz CT molecular complexity index is 578. The van der Waals surface area contributed by atoms with Gasteiger partial charge in [0.1, 0.15) is 9.88 Å². The van der Waals surface area contributed by atoms with E-state index in [2.05, 4.69) is 20.6 Å². The van der Waals surface area contributed by atoms with Crippen LogP contribution in [0.4, 0.5) is 5.13 Å². The van der Waals surface area contributed by atoms with Crippen molar-refractivity contribution in [3.05, 3.63) is 27.2 Å². The summed E-state index contributed by atoms with van der Waals surface area (Å²) in [7, 11) is 0. The number of hydrogen-bond donors (Lipinski definition) is 2. The molecule has 0 radical (unpaired) electrons. The van der Waals surface area contributed by atoms with E-state index in [1.54, 1.807) is 17.5 Å². The number of aryl methyl sites for hydroxylation is 1. The third-order valence-corrected chi connectivity index (χ3v) is 4.69. The highest BCUT2D eigenvalue weighted by Crippen LogP contribution is 2.24. The molecule has 20 heavy (non-hydrogen) atoms. The predicted octanol–water partition coefficient (Wildman–Crippen LogP) is 3.22. The smallest absolute Gasteiger partial charge is 0.263 e. The summed E-state index contributed by atoms with van der Waals surface area (Å²) in [5.74, 6) is -0.0913. The molecule has 0 saturated carbocycles. The molecule has 0 aliphatic carbocycles. The molecule has 0 spiro atoms.